The second-order valence-electron chi connectivity index (χ2n) is 9.08. The van der Waals surface area contributed by atoms with E-state index < -0.39 is 29.9 Å². The number of hydrogen-bond donors (Lipinski definition) is 4. The van der Waals surface area contributed by atoms with E-state index in [-0.39, 0.29) is 24.6 Å². The summed E-state index contributed by atoms with van der Waals surface area (Å²) in [5, 5.41) is 15.9. The van der Waals surface area contributed by atoms with Crippen LogP contribution in [-0.2, 0) is 20.8 Å². The number of fused-ring (bicyclic) bond motifs is 2. The third kappa shape index (κ3) is 5.34. The van der Waals surface area contributed by atoms with E-state index in [1.54, 1.807) is 13.8 Å². The number of carbonyl (C=O) groups is 3. The van der Waals surface area contributed by atoms with E-state index >= 15 is 0 Å². The van der Waals surface area contributed by atoms with Crippen LogP contribution in [0.15, 0.2) is 59.6 Å². The van der Waals surface area contributed by atoms with Gasteiger partial charge in [-0.15, -0.1) is 0 Å². The summed E-state index contributed by atoms with van der Waals surface area (Å²) in [5.74, 6) is -2.49. The van der Waals surface area contributed by atoms with E-state index in [1.807, 2.05) is 66.5 Å². The maximum Gasteiger partial charge on any atom is 0.326 e. The molecule has 2 amide bonds. The van der Waals surface area contributed by atoms with Gasteiger partial charge in [0.1, 0.15) is 17.8 Å². The van der Waals surface area contributed by atoms with Gasteiger partial charge in [0.05, 0.1) is 17.9 Å². The lowest BCUT2D eigenvalue weighted by atomic mass is 10.0. The van der Waals surface area contributed by atoms with Crippen molar-refractivity contribution in [2.24, 2.45) is 10.9 Å². The molecular formula is C26H29N5O4. The number of benzene rings is 2. The number of amides is 2. The molecule has 2 aromatic carbocycles. The molecule has 0 aliphatic carbocycles. The van der Waals surface area contributed by atoms with Crippen molar-refractivity contribution in [2.45, 2.75) is 32.4 Å². The Balaban J connectivity index is 1.59. The van der Waals surface area contributed by atoms with Crippen LogP contribution in [0.3, 0.4) is 0 Å². The van der Waals surface area contributed by atoms with Gasteiger partial charge in [0, 0.05) is 24.7 Å². The zero-order chi connectivity index (χ0) is 25.1. The van der Waals surface area contributed by atoms with Crippen molar-refractivity contribution in [2.75, 3.05) is 18.5 Å². The van der Waals surface area contributed by atoms with E-state index in [0.717, 1.165) is 22.3 Å². The molecule has 0 saturated heterocycles. The topological polar surface area (TPSA) is 127 Å². The summed E-state index contributed by atoms with van der Waals surface area (Å²) in [7, 11) is 1.87. The molecule has 3 aromatic rings. The summed E-state index contributed by atoms with van der Waals surface area (Å²) >= 11 is 0. The number of para-hydroxylation sites is 3. The summed E-state index contributed by atoms with van der Waals surface area (Å²) < 4.78 is 0. The molecule has 4 N–H and O–H groups in total. The van der Waals surface area contributed by atoms with Crippen LogP contribution < -0.4 is 15.5 Å². The molecule has 2 unspecified atom stereocenters. The number of anilines is 1. The number of aromatic nitrogens is 1. The zero-order valence-corrected chi connectivity index (χ0v) is 19.9. The maximum absolute atomic E-state index is 13.2. The zero-order valence-electron chi connectivity index (χ0n) is 19.9. The largest absolute Gasteiger partial charge is 0.480 e. The van der Waals surface area contributed by atoms with E-state index in [0.29, 0.717) is 5.69 Å². The van der Waals surface area contributed by atoms with E-state index in [4.69, 9.17) is 0 Å². The highest BCUT2D eigenvalue weighted by atomic mass is 16.4. The third-order valence-electron chi connectivity index (χ3n) is 6.06. The van der Waals surface area contributed by atoms with Gasteiger partial charge in [0.25, 0.3) is 5.91 Å². The molecule has 1 aromatic heterocycles. The summed E-state index contributed by atoms with van der Waals surface area (Å²) in [6, 6.07) is 15.1. The van der Waals surface area contributed by atoms with E-state index in [9.17, 15) is 19.5 Å². The number of aliphatic imine (C=N–C) groups is 1. The third-order valence-corrected chi connectivity index (χ3v) is 6.06. The summed E-state index contributed by atoms with van der Waals surface area (Å²) in [4.78, 5) is 47.8. The Hall–Kier alpha value is -4.14. The predicted molar refractivity (Wildman–Crippen MR) is 135 cm³/mol. The SMILES string of the molecule is CC(C)C(NC(=O)C(Cc1cc2ccccc2[nH]1)NC(=O)C1=Nc2ccccc2N(C)C1)C(=O)O. The molecule has 4 rings (SSSR count). The van der Waals surface area contributed by atoms with Gasteiger partial charge in [0.15, 0.2) is 0 Å². The van der Waals surface area contributed by atoms with E-state index in [2.05, 4.69) is 20.6 Å². The molecule has 1 aliphatic heterocycles. The number of carbonyl (C=O) groups excluding carboxylic acids is 2. The Labute approximate surface area is 203 Å². The van der Waals surface area contributed by atoms with Crippen LogP contribution in [0.1, 0.15) is 19.5 Å². The summed E-state index contributed by atoms with van der Waals surface area (Å²) in [6.07, 6.45) is 0.163. The maximum atomic E-state index is 13.2. The molecule has 9 heteroatoms. The standard InChI is InChI=1S/C26H29N5O4/c1-15(2)23(26(34)35)30-24(32)20(13-17-12-16-8-4-5-9-18(16)27-17)29-25(33)21-14-31(3)22-11-7-6-10-19(22)28-21/h4-12,15,20,23,27H,13-14H2,1-3H3,(H,29,33)(H,30,32)(H,34,35). The minimum absolute atomic E-state index is 0.163. The molecule has 2 atom stereocenters. The quantitative estimate of drug-likeness (QED) is 0.398. The highest BCUT2D eigenvalue weighted by Gasteiger charge is 2.31. The molecule has 0 fully saturated rings. The Morgan fingerprint density at radius 3 is 2.51 bits per heavy atom. The fraction of sp³-hybridized carbons (Fsp3) is 0.308. The highest BCUT2D eigenvalue weighted by molar-refractivity contribution is 6.41. The highest BCUT2D eigenvalue weighted by Crippen LogP contribution is 2.30. The number of nitrogens with one attached hydrogen (secondary N) is 3. The molecule has 0 radical (unpaired) electrons. The number of nitrogens with zero attached hydrogens (tertiary/aromatic N) is 2. The van der Waals surface area contributed by atoms with Gasteiger partial charge in [-0.1, -0.05) is 44.2 Å². The number of hydrogen-bond acceptors (Lipinski definition) is 5. The average molecular weight is 476 g/mol. The van der Waals surface area contributed by atoms with Crippen LogP contribution in [0, 0.1) is 5.92 Å². The van der Waals surface area contributed by atoms with Crippen molar-refractivity contribution >= 4 is 45.8 Å². The minimum atomic E-state index is -1.13. The molecule has 0 spiro atoms. The summed E-state index contributed by atoms with van der Waals surface area (Å²) in [5.41, 5.74) is 3.52. The normalized spacial score (nSPS) is 14.7. The van der Waals surface area contributed by atoms with Gasteiger partial charge in [-0.05, 0) is 35.6 Å². The monoisotopic (exact) mass is 475 g/mol. The van der Waals surface area contributed by atoms with E-state index in [1.165, 1.54) is 0 Å². The van der Waals surface area contributed by atoms with Crippen LogP contribution in [0.5, 0.6) is 0 Å². The van der Waals surface area contributed by atoms with Gasteiger partial charge in [-0.3, -0.25) is 9.59 Å². The first-order chi connectivity index (χ1) is 16.7. The van der Waals surface area contributed by atoms with Crippen molar-refractivity contribution in [3.8, 4) is 0 Å². The Kier molecular flexibility index (Phi) is 6.86. The number of aliphatic carboxylic acids is 1. The first-order valence-corrected chi connectivity index (χ1v) is 11.5. The molecule has 182 valence electrons. The Morgan fingerprint density at radius 2 is 1.80 bits per heavy atom. The van der Waals surface area contributed by atoms with Gasteiger partial charge in [-0.25, -0.2) is 9.79 Å². The van der Waals surface area contributed by atoms with Crippen molar-refractivity contribution in [3.05, 3.63) is 60.3 Å². The van der Waals surface area contributed by atoms with Crippen LogP contribution in [0.4, 0.5) is 11.4 Å². The lowest BCUT2D eigenvalue weighted by molar-refractivity contribution is -0.143. The van der Waals surface area contributed by atoms with Crippen molar-refractivity contribution < 1.29 is 19.5 Å². The smallest absolute Gasteiger partial charge is 0.326 e. The predicted octanol–water partition coefficient (Wildman–Crippen LogP) is 2.64. The molecule has 0 saturated carbocycles. The fourth-order valence-corrected chi connectivity index (χ4v) is 4.18. The Morgan fingerprint density at radius 1 is 1.09 bits per heavy atom. The van der Waals surface area contributed by atoms with Crippen molar-refractivity contribution in [3.63, 3.8) is 0 Å². The van der Waals surface area contributed by atoms with Crippen LogP contribution in [0.2, 0.25) is 0 Å². The number of aromatic amines is 1. The molecule has 0 bridgehead atoms. The first kappa shape index (κ1) is 24.0. The minimum Gasteiger partial charge on any atom is -0.480 e. The van der Waals surface area contributed by atoms with Crippen LogP contribution >= 0.6 is 0 Å². The molecule has 35 heavy (non-hydrogen) atoms. The van der Waals surface area contributed by atoms with Crippen molar-refractivity contribution in [1.29, 1.82) is 0 Å². The van der Waals surface area contributed by atoms with Gasteiger partial charge >= 0.3 is 5.97 Å². The van der Waals surface area contributed by atoms with Gasteiger partial charge in [0.2, 0.25) is 5.91 Å². The van der Waals surface area contributed by atoms with Gasteiger partial charge < -0.3 is 25.6 Å². The molecule has 9 nitrogen and oxygen atoms in total. The lowest BCUT2D eigenvalue weighted by Crippen LogP contribution is -2.55. The second kappa shape index (κ2) is 10.0. The Bertz CT molecular complexity index is 1260. The van der Waals surface area contributed by atoms with Crippen LogP contribution in [-0.4, -0.2) is 59.3 Å². The number of rotatable bonds is 8. The second-order valence-corrected chi connectivity index (χ2v) is 9.08. The average Bonchev–Trinajstić information content (AvgIpc) is 3.24. The van der Waals surface area contributed by atoms with Crippen molar-refractivity contribution in [1.82, 2.24) is 15.6 Å². The van der Waals surface area contributed by atoms with Crippen LogP contribution in [0.25, 0.3) is 10.9 Å². The number of H-pyrrole nitrogens is 1. The number of carboxylic acid groups (broad SMARTS) is 1. The fourth-order valence-electron chi connectivity index (χ4n) is 4.18. The first-order valence-electron chi connectivity index (χ1n) is 11.5. The van der Waals surface area contributed by atoms with Gasteiger partial charge in [-0.2, -0.15) is 0 Å². The molecule has 1 aliphatic rings. The number of carboxylic acids is 1. The summed E-state index contributed by atoms with van der Waals surface area (Å²) in [6.45, 7) is 3.72. The molecular weight excluding hydrogens is 446 g/mol. The lowest BCUT2D eigenvalue weighted by Gasteiger charge is -2.27. The molecule has 2 heterocycles.